The van der Waals surface area contributed by atoms with Crippen LogP contribution in [0.15, 0.2) is 41.5 Å². The second kappa shape index (κ2) is 9.75. The number of rotatable bonds is 7. The van der Waals surface area contributed by atoms with E-state index in [0.29, 0.717) is 29.2 Å². The molecule has 3 N–H and O–H groups in total. The Labute approximate surface area is 167 Å². The number of ether oxygens (including phenoxy) is 3. The average Bonchev–Trinajstić information content (AvgIpc) is 2.64. The third-order valence-corrected chi connectivity index (χ3v) is 3.61. The molecule has 0 amide bonds. The van der Waals surface area contributed by atoms with Crippen LogP contribution in [-0.4, -0.2) is 31.0 Å². The number of hydrazone groups is 1. The lowest BCUT2D eigenvalue weighted by Gasteiger charge is -2.13. The van der Waals surface area contributed by atoms with Gasteiger partial charge in [0.2, 0.25) is 0 Å². The largest absolute Gasteiger partial charge is 0.497 e. The Balaban J connectivity index is 2.27. The molecule has 2 rings (SSSR count). The molecule has 7 nitrogen and oxygen atoms in total. The Morgan fingerprint density at radius 3 is 2.63 bits per heavy atom. The van der Waals surface area contributed by atoms with Crippen molar-refractivity contribution in [2.75, 3.05) is 13.7 Å². The van der Waals surface area contributed by atoms with Crippen LogP contribution in [0.5, 0.6) is 17.2 Å². The molecule has 0 bridgehead atoms. The highest BCUT2D eigenvalue weighted by Crippen LogP contribution is 2.37. The van der Waals surface area contributed by atoms with E-state index in [1.807, 2.05) is 0 Å². The van der Waals surface area contributed by atoms with Gasteiger partial charge in [0.25, 0.3) is 0 Å². The van der Waals surface area contributed by atoms with Crippen molar-refractivity contribution in [1.29, 1.82) is 0 Å². The van der Waals surface area contributed by atoms with E-state index in [4.69, 9.17) is 31.5 Å². The van der Waals surface area contributed by atoms with Crippen molar-refractivity contribution in [3.63, 3.8) is 0 Å². The Bertz CT molecular complexity index is 856. The van der Waals surface area contributed by atoms with E-state index in [0.717, 1.165) is 0 Å². The van der Waals surface area contributed by atoms with E-state index in [-0.39, 0.29) is 15.9 Å². The van der Waals surface area contributed by atoms with Gasteiger partial charge >= 0.3 is 5.97 Å². The number of hydrogen-bond acceptors (Lipinski definition) is 6. The first kappa shape index (κ1) is 20.5. The van der Waals surface area contributed by atoms with Gasteiger partial charge in [-0.05, 0) is 61.1 Å². The van der Waals surface area contributed by atoms with E-state index in [1.54, 1.807) is 50.4 Å². The van der Waals surface area contributed by atoms with Crippen LogP contribution >= 0.6 is 23.8 Å². The highest BCUT2D eigenvalue weighted by Gasteiger charge is 2.17. The number of esters is 1. The quantitative estimate of drug-likeness (QED) is 0.239. The summed E-state index contributed by atoms with van der Waals surface area (Å²) >= 11 is 11.0. The van der Waals surface area contributed by atoms with Crippen LogP contribution in [0.25, 0.3) is 0 Å². The van der Waals surface area contributed by atoms with Crippen LogP contribution in [-0.2, 0) is 0 Å². The number of thiocarbonyl (C=S) groups is 1. The van der Waals surface area contributed by atoms with Crippen LogP contribution in [0.4, 0.5) is 0 Å². The molecule has 0 aliphatic carbocycles. The molecule has 0 heterocycles. The molecule has 2 aromatic carbocycles. The lowest BCUT2D eigenvalue weighted by atomic mass is 10.2. The first-order chi connectivity index (χ1) is 12.9. The summed E-state index contributed by atoms with van der Waals surface area (Å²) in [6.07, 6.45) is 1.46. The van der Waals surface area contributed by atoms with Crippen molar-refractivity contribution in [2.45, 2.75) is 6.92 Å². The molecule has 0 aliphatic rings. The van der Waals surface area contributed by atoms with Crippen molar-refractivity contribution in [1.82, 2.24) is 5.43 Å². The van der Waals surface area contributed by atoms with Crippen molar-refractivity contribution in [3.05, 3.63) is 52.5 Å². The Hall–Kier alpha value is -2.84. The third kappa shape index (κ3) is 5.83. The molecule has 27 heavy (non-hydrogen) atoms. The lowest BCUT2D eigenvalue weighted by Crippen LogP contribution is -2.24. The molecule has 0 spiro atoms. The third-order valence-electron chi connectivity index (χ3n) is 3.24. The maximum atomic E-state index is 12.4. The predicted molar refractivity (Wildman–Crippen MR) is 108 cm³/mol. The summed E-state index contributed by atoms with van der Waals surface area (Å²) in [7, 11) is 1.54. The number of methoxy groups -OCH3 is 1. The smallest absolute Gasteiger partial charge is 0.343 e. The minimum Gasteiger partial charge on any atom is -0.497 e. The van der Waals surface area contributed by atoms with Gasteiger partial charge < -0.3 is 19.9 Å². The highest BCUT2D eigenvalue weighted by molar-refractivity contribution is 7.80. The van der Waals surface area contributed by atoms with Crippen LogP contribution in [0.3, 0.4) is 0 Å². The van der Waals surface area contributed by atoms with Gasteiger partial charge in [0.1, 0.15) is 5.75 Å². The summed E-state index contributed by atoms with van der Waals surface area (Å²) in [5.74, 6) is 0.494. The number of benzene rings is 2. The standard InChI is InChI=1S/C18H18ClN3O4S/c1-3-25-15-9-11(10-21-22-18(20)27)8-14(19)16(15)26-17(23)12-4-6-13(24-2)7-5-12/h4-10H,3H2,1-2H3,(H3,20,22,27)/b21-10+. The maximum absolute atomic E-state index is 12.4. The van der Waals surface area contributed by atoms with Crippen molar-refractivity contribution in [2.24, 2.45) is 10.8 Å². The molecular formula is C18H18ClN3O4S. The zero-order chi connectivity index (χ0) is 19.8. The fourth-order valence-corrected chi connectivity index (χ4v) is 2.38. The van der Waals surface area contributed by atoms with Crippen LogP contribution in [0.2, 0.25) is 5.02 Å². The zero-order valence-electron chi connectivity index (χ0n) is 14.7. The van der Waals surface area contributed by atoms with Crippen molar-refractivity contribution < 1.29 is 19.0 Å². The number of nitrogens with zero attached hydrogens (tertiary/aromatic N) is 1. The Kier molecular flexibility index (Phi) is 7.39. The van der Waals surface area contributed by atoms with Gasteiger partial charge in [-0.15, -0.1) is 0 Å². The molecule has 0 radical (unpaired) electrons. The lowest BCUT2D eigenvalue weighted by molar-refractivity contribution is 0.0728. The molecule has 9 heteroatoms. The molecular weight excluding hydrogens is 390 g/mol. The van der Waals surface area contributed by atoms with Crippen LogP contribution < -0.4 is 25.4 Å². The van der Waals surface area contributed by atoms with Gasteiger partial charge in [0, 0.05) is 0 Å². The van der Waals surface area contributed by atoms with Crippen molar-refractivity contribution in [3.8, 4) is 17.2 Å². The number of hydrogen-bond donors (Lipinski definition) is 2. The highest BCUT2D eigenvalue weighted by atomic mass is 35.5. The molecule has 0 saturated carbocycles. The van der Waals surface area contributed by atoms with Crippen LogP contribution in [0.1, 0.15) is 22.8 Å². The fraction of sp³-hybridized carbons (Fsp3) is 0.167. The van der Waals surface area contributed by atoms with E-state index in [9.17, 15) is 4.79 Å². The molecule has 0 unspecified atom stereocenters. The first-order valence-electron chi connectivity index (χ1n) is 7.85. The van der Waals surface area contributed by atoms with Gasteiger partial charge in [0.05, 0.1) is 30.5 Å². The van der Waals surface area contributed by atoms with Crippen molar-refractivity contribution >= 4 is 41.1 Å². The average molecular weight is 408 g/mol. The van der Waals surface area contributed by atoms with Gasteiger partial charge in [0.15, 0.2) is 16.6 Å². The molecule has 0 atom stereocenters. The molecule has 0 aliphatic heterocycles. The normalized spacial score (nSPS) is 10.5. The second-order valence-corrected chi connectivity index (χ2v) is 5.96. The maximum Gasteiger partial charge on any atom is 0.343 e. The summed E-state index contributed by atoms with van der Waals surface area (Å²) in [6.45, 7) is 2.16. The Morgan fingerprint density at radius 2 is 2.04 bits per heavy atom. The summed E-state index contributed by atoms with van der Waals surface area (Å²) in [6, 6.07) is 9.73. The molecule has 2 aromatic rings. The molecule has 0 aromatic heterocycles. The molecule has 142 valence electrons. The number of nitrogens with two attached hydrogens (primary N) is 1. The van der Waals surface area contributed by atoms with Gasteiger partial charge in [-0.25, -0.2) is 4.79 Å². The monoisotopic (exact) mass is 407 g/mol. The zero-order valence-corrected chi connectivity index (χ0v) is 16.3. The summed E-state index contributed by atoms with van der Waals surface area (Å²) < 4.78 is 16.1. The molecule has 0 fully saturated rings. The van der Waals surface area contributed by atoms with Gasteiger partial charge in [-0.3, -0.25) is 5.43 Å². The number of halogens is 1. The Morgan fingerprint density at radius 1 is 1.33 bits per heavy atom. The van der Waals surface area contributed by atoms with E-state index in [2.05, 4.69) is 22.7 Å². The van der Waals surface area contributed by atoms with E-state index >= 15 is 0 Å². The summed E-state index contributed by atoms with van der Waals surface area (Å²) in [4.78, 5) is 12.4. The van der Waals surface area contributed by atoms with Gasteiger partial charge in [-0.2, -0.15) is 5.10 Å². The fourth-order valence-electron chi connectivity index (χ4n) is 2.07. The number of carbonyl (C=O) groups is 1. The minimum atomic E-state index is -0.572. The number of nitrogens with one attached hydrogen (secondary N) is 1. The van der Waals surface area contributed by atoms with Crippen LogP contribution in [0, 0.1) is 0 Å². The predicted octanol–water partition coefficient (Wildman–Crippen LogP) is 3.13. The van der Waals surface area contributed by atoms with Gasteiger partial charge in [-0.1, -0.05) is 11.6 Å². The summed E-state index contributed by atoms with van der Waals surface area (Å²) in [5, 5.41) is 4.09. The topological polar surface area (TPSA) is 95.2 Å². The SMILES string of the molecule is CCOc1cc(/C=N/NC(N)=S)cc(Cl)c1OC(=O)c1ccc(OC)cc1. The van der Waals surface area contributed by atoms with E-state index < -0.39 is 5.97 Å². The number of carbonyl (C=O) groups excluding carboxylic acids is 1. The minimum absolute atomic E-state index is 0.0346. The molecule has 0 saturated heterocycles. The van der Waals surface area contributed by atoms with E-state index in [1.165, 1.54) is 6.21 Å². The summed E-state index contributed by atoms with van der Waals surface area (Å²) in [5.41, 5.74) is 8.70. The first-order valence-corrected chi connectivity index (χ1v) is 8.64. The second-order valence-electron chi connectivity index (χ2n) is 5.12.